The van der Waals surface area contributed by atoms with Crippen LogP contribution in [0, 0.1) is 0 Å². The van der Waals surface area contributed by atoms with Crippen LogP contribution in [-0.2, 0) is 10.1 Å². The van der Waals surface area contributed by atoms with Gasteiger partial charge in [0, 0.05) is 0 Å². The van der Waals surface area contributed by atoms with E-state index >= 15 is 0 Å². The Morgan fingerprint density at radius 2 is 1.57 bits per heavy atom. The van der Waals surface area contributed by atoms with E-state index in [1.54, 1.807) is 6.07 Å². The van der Waals surface area contributed by atoms with E-state index in [4.69, 9.17) is 0 Å². The van der Waals surface area contributed by atoms with Crippen molar-refractivity contribution in [3.63, 3.8) is 0 Å². The number of hydrogen-bond acceptors (Lipinski definition) is 3. The zero-order chi connectivity index (χ0) is 14.3. The molecule has 100 valence electrons. The summed E-state index contributed by atoms with van der Waals surface area (Å²) < 4.78 is 33.9. The van der Waals surface area contributed by atoms with Gasteiger partial charge in [-0.1, -0.05) is 43.0 Å². The number of benzene rings is 3. The average Bonchev–Trinajstić information content (AvgIpc) is 2.42. The standard InChI is InChI=1S/C16H12O3S.Li/c1-2-14-15-10-12-6-4-3-5-11(12)9-13(15)7-8-16(14)20(17,18)19;/h2-10H,1H2,(H,17,18,19);/q;+1/p-1. The maximum absolute atomic E-state index is 11.3. The van der Waals surface area contributed by atoms with Gasteiger partial charge >= 0.3 is 18.9 Å². The van der Waals surface area contributed by atoms with Crippen molar-refractivity contribution in [2.45, 2.75) is 4.90 Å². The molecular weight excluding hydrogens is 279 g/mol. The summed E-state index contributed by atoms with van der Waals surface area (Å²) in [7, 11) is -4.51. The van der Waals surface area contributed by atoms with Gasteiger partial charge in [0.25, 0.3) is 0 Å². The summed E-state index contributed by atoms with van der Waals surface area (Å²) in [5, 5.41) is 3.65. The molecule has 0 saturated heterocycles. The van der Waals surface area contributed by atoms with Crippen LogP contribution in [0.5, 0.6) is 0 Å². The van der Waals surface area contributed by atoms with Crippen LogP contribution >= 0.6 is 0 Å². The number of fused-ring (bicyclic) bond motifs is 2. The fraction of sp³-hybridized carbons (Fsp3) is 0. The molecule has 0 N–H and O–H groups in total. The first-order valence-corrected chi connectivity index (χ1v) is 7.45. The molecule has 0 aromatic heterocycles. The van der Waals surface area contributed by atoms with Gasteiger partial charge in [0.2, 0.25) is 0 Å². The Hall–Kier alpha value is -1.57. The van der Waals surface area contributed by atoms with E-state index < -0.39 is 10.1 Å². The van der Waals surface area contributed by atoms with Gasteiger partial charge in [-0.05, 0) is 45.3 Å². The molecule has 0 aliphatic heterocycles. The minimum atomic E-state index is -4.51. The maximum Gasteiger partial charge on any atom is 1.00 e. The van der Waals surface area contributed by atoms with Crippen LogP contribution in [0.15, 0.2) is 60.0 Å². The van der Waals surface area contributed by atoms with Crippen molar-refractivity contribution in [2.75, 3.05) is 0 Å². The van der Waals surface area contributed by atoms with Crippen LogP contribution in [0.25, 0.3) is 27.6 Å². The summed E-state index contributed by atoms with van der Waals surface area (Å²) in [6.07, 6.45) is 1.42. The second-order valence-electron chi connectivity index (χ2n) is 4.56. The molecule has 0 atom stereocenters. The van der Waals surface area contributed by atoms with Gasteiger partial charge in [0.1, 0.15) is 10.1 Å². The zero-order valence-electron chi connectivity index (χ0n) is 11.5. The Morgan fingerprint density at radius 1 is 0.952 bits per heavy atom. The first-order valence-electron chi connectivity index (χ1n) is 6.04. The first-order chi connectivity index (χ1) is 9.50. The summed E-state index contributed by atoms with van der Waals surface area (Å²) in [6, 6.07) is 14.6. The van der Waals surface area contributed by atoms with E-state index in [9.17, 15) is 13.0 Å². The first kappa shape index (κ1) is 15.8. The van der Waals surface area contributed by atoms with Gasteiger partial charge in [-0.15, -0.1) is 0 Å². The Kier molecular flexibility index (Phi) is 4.27. The smallest absolute Gasteiger partial charge is 0.744 e. The third kappa shape index (κ3) is 2.76. The fourth-order valence-electron chi connectivity index (χ4n) is 2.45. The van der Waals surface area contributed by atoms with Crippen LogP contribution in [0.4, 0.5) is 0 Å². The molecule has 0 aliphatic carbocycles. The van der Waals surface area contributed by atoms with Crippen molar-refractivity contribution < 1.29 is 31.8 Å². The Bertz CT molecular complexity index is 946. The van der Waals surface area contributed by atoms with Gasteiger partial charge in [0.05, 0.1) is 4.90 Å². The molecule has 0 fully saturated rings. The third-order valence-electron chi connectivity index (χ3n) is 3.36. The average molecular weight is 290 g/mol. The molecule has 0 heterocycles. The molecule has 0 amide bonds. The third-order valence-corrected chi connectivity index (χ3v) is 4.26. The molecule has 0 spiro atoms. The molecule has 0 aliphatic rings. The number of rotatable bonds is 2. The summed E-state index contributed by atoms with van der Waals surface area (Å²) in [4.78, 5) is -0.227. The molecule has 0 bridgehead atoms. The molecule has 0 saturated carbocycles. The van der Waals surface area contributed by atoms with E-state index in [0.29, 0.717) is 5.56 Å². The molecule has 3 nitrogen and oxygen atoms in total. The normalized spacial score (nSPS) is 11.3. The van der Waals surface area contributed by atoms with E-state index in [1.807, 2.05) is 36.4 Å². The minimum Gasteiger partial charge on any atom is -0.744 e. The summed E-state index contributed by atoms with van der Waals surface area (Å²) in [6.45, 7) is 3.63. The quantitative estimate of drug-likeness (QED) is 0.393. The van der Waals surface area contributed by atoms with Gasteiger partial charge in [-0.3, -0.25) is 0 Å². The van der Waals surface area contributed by atoms with Crippen LogP contribution < -0.4 is 18.9 Å². The molecule has 0 unspecified atom stereocenters. The maximum atomic E-state index is 11.3. The fourth-order valence-corrected chi connectivity index (χ4v) is 3.14. The largest absolute Gasteiger partial charge is 1.00 e. The predicted molar refractivity (Wildman–Crippen MR) is 79.5 cm³/mol. The van der Waals surface area contributed by atoms with Crippen LogP contribution in [0.2, 0.25) is 0 Å². The van der Waals surface area contributed by atoms with Crippen LogP contribution in [-0.4, -0.2) is 13.0 Å². The van der Waals surface area contributed by atoms with Gasteiger partial charge in [0.15, 0.2) is 0 Å². The summed E-state index contributed by atoms with van der Waals surface area (Å²) in [5.74, 6) is 0. The van der Waals surface area contributed by atoms with Crippen molar-refractivity contribution in [1.29, 1.82) is 0 Å². The molecule has 5 heteroatoms. The summed E-state index contributed by atoms with van der Waals surface area (Å²) >= 11 is 0. The monoisotopic (exact) mass is 290 g/mol. The van der Waals surface area contributed by atoms with Crippen molar-refractivity contribution >= 4 is 37.7 Å². The van der Waals surface area contributed by atoms with E-state index in [1.165, 1.54) is 12.1 Å². The van der Waals surface area contributed by atoms with Crippen LogP contribution in [0.1, 0.15) is 5.56 Å². The van der Waals surface area contributed by atoms with Crippen molar-refractivity contribution in [3.8, 4) is 0 Å². The van der Waals surface area contributed by atoms with Gasteiger partial charge < -0.3 is 4.55 Å². The predicted octanol–water partition coefficient (Wildman–Crippen LogP) is 0.544. The van der Waals surface area contributed by atoms with E-state index in [-0.39, 0.29) is 23.8 Å². The zero-order valence-corrected chi connectivity index (χ0v) is 12.4. The topological polar surface area (TPSA) is 57.2 Å². The summed E-state index contributed by atoms with van der Waals surface area (Å²) in [5.41, 5.74) is 0.364. The molecule has 21 heavy (non-hydrogen) atoms. The minimum absolute atomic E-state index is 0. The second kappa shape index (κ2) is 5.67. The van der Waals surface area contributed by atoms with E-state index in [2.05, 4.69) is 6.58 Å². The molecular formula is C16H11LiO3S. The van der Waals surface area contributed by atoms with Crippen molar-refractivity contribution in [1.82, 2.24) is 0 Å². The second-order valence-corrected chi connectivity index (χ2v) is 5.90. The molecule has 3 aromatic carbocycles. The molecule has 0 radical (unpaired) electrons. The van der Waals surface area contributed by atoms with Crippen LogP contribution in [0.3, 0.4) is 0 Å². The Labute approximate surface area is 135 Å². The molecule has 3 aromatic rings. The van der Waals surface area contributed by atoms with Crippen molar-refractivity contribution in [3.05, 3.63) is 60.7 Å². The Morgan fingerprint density at radius 3 is 2.14 bits per heavy atom. The van der Waals surface area contributed by atoms with E-state index in [0.717, 1.165) is 21.5 Å². The Balaban J connectivity index is 0.00000161. The number of hydrogen-bond donors (Lipinski definition) is 0. The molecule has 3 rings (SSSR count). The van der Waals surface area contributed by atoms with Gasteiger partial charge in [-0.2, -0.15) is 0 Å². The SMILES string of the molecule is C=Cc1c(S(=O)(=O)[O-])ccc2cc3ccccc3cc12.[Li+]. The van der Waals surface area contributed by atoms with Crippen molar-refractivity contribution in [2.24, 2.45) is 0 Å². The van der Waals surface area contributed by atoms with Gasteiger partial charge in [-0.25, -0.2) is 8.42 Å².